The first-order valence-electron chi connectivity index (χ1n) is 9.57. The van der Waals surface area contributed by atoms with Crippen LogP contribution in [0.2, 0.25) is 0 Å². The van der Waals surface area contributed by atoms with Crippen LogP contribution in [0.4, 0.5) is 0 Å². The van der Waals surface area contributed by atoms with Gasteiger partial charge in [-0.3, -0.25) is 4.79 Å². The molecule has 1 aliphatic rings. The fraction of sp³-hybridized carbons (Fsp3) is 0.333. The molecule has 2 aromatic carbocycles. The first-order valence-corrected chi connectivity index (χ1v) is 11.0. The van der Waals surface area contributed by atoms with E-state index in [0.29, 0.717) is 18.7 Å². The second kappa shape index (κ2) is 9.19. The van der Waals surface area contributed by atoms with Gasteiger partial charge in [0.25, 0.3) is 5.91 Å². The third kappa shape index (κ3) is 5.02. The Morgan fingerprint density at radius 3 is 2.24 bits per heavy atom. The van der Waals surface area contributed by atoms with Gasteiger partial charge in [0.2, 0.25) is 16.1 Å². The predicted octanol–water partition coefficient (Wildman–Crippen LogP) is 2.51. The minimum absolute atomic E-state index is 0.0589. The molecule has 0 spiro atoms. The Labute approximate surface area is 170 Å². The van der Waals surface area contributed by atoms with E-state index in [1.807, 2.05) is 6.07 Å². The summed E-state index contributed by atoms with van der Waals surface area (Å²) >= 11 is 0. The van der Waals surface area contributed by atoms with Gasteiger partial charge in [0, 0.05) is 25.2 Å². The van der Waals surface area contributed by atoms with E-state index >= 15 is 0 Å². The van der Waals surface area contributed by atoms with Crippen molar-refractivity contribution in [3.8, 4) is 0 Å². The van der Waals surface area contributed by atoms with E-state index in [0.717, 1.165) is 12.8 Å². The van der Waals surface area contributed by atoms with Crippen LogP contribution in [0.25, 0.3) is 0 Å². The summed E-state index contributed by atoms with van der Waals surface area (Å²) in [5, 5.41) is 0. The molecule has 2 aromatic rings. The van der Waals surface area contributed by atoms with Gasteiger partial charge in [0.15, 0.2) is 0 Å². The number of nitrogens with zero attached hydrogens (tertiary/aromatic N) is 1. The minimum atomic E-state index is -3.61. The Hall–Kier alpha value is -2.71. The van der Waals surface area contributed by atoms with Crippen molar-refractivity contribution < 1.29 is 22.7 Å². The van der Waals surface area contributed by atoms with Crippen LogP contribution in [0.1, 0.15) is 41.8 Å². The lowest BCUT2D eigenvalue weighted by Crippen LogP contribution is -2.34. The number of likely N-dealkylation sites (tertiary alicyclic amines) is 1. The Morgan fingerprint density at radius 1 is 1.03 bits per heavy atom. The van der Waals surface area contributed by atoms with Crippen LogP contribution in [0, 0.1) is 0 Å². The molecule has 154 valence electrons. The largest absolute Gasteiger partial charge is 0.444 e. The van der Waals surface area contributed by atoms with Crippen LogP contribution in [0.3, 0.4) is 0 Å². The van der Waals surface area contributed by atoms with Gasteiger partial charge >= 0.3 is 5.97 Å². The molecule has 0 saturated carbocycles. The van der Waals surface area contributed by atoms with Crippen molar-refractivity contribution in [2.24, 2.45) is 0 Å². The van der Waals surface area contributed by atoms with Gasteiger partial charge in [0.1, 0.15) is 0 Å². The summed E-state index contributed by atoms with van der Waals surface area (Å²) in [5.74, 6) is -0.924. The van der Waals surface area contributed by atoms with Crippen molar-refractivity contribution in [3.05, 3.63) is 65.7 Å². The smallest absolute Gasteiger partial charge is 0.339 e. The highest BCUT2D eigenvalue weighted by Gasteiger charge is 2.31. The van der Waals surface area contributed by atoms with Gasteiger partial charge in [0.05, 0.1) is 10.5 Å². The maximum Gasteiger partial charge on any atom is 0.339 e. The second-order valence-corrected chi connectivity index (χ2v) is 8.52. The molecule has 8 heteroatoms. The number of hydrogen-bond donors (Lipinski definition) is 1. The lowest BCUT2D eigenvalue weighted by Gasteiger charge is -2.23. The van der Waals surface area contributed by atoms with Crippen LogP contribution in [-0.4, -0.2) is 44.8 Å². The summed E-state index contributed by atoms with van der Waals surface area (Å²) in [4.78, 5) is 27.4. The lowest BCUT2D eigenvalue weighted by atomic mass is 10.1. The van der Waals surface area contributed by atoms with Crippen LogP contribution < -0.4 is 4.72 Å². The van der Waals surface area contributed by atoms with Gasteiger partial charge in [-0.15, -0.1) is 0 Å². The van der Waals surface area contributed by atoms with E-state index in [-0.39, 0.29) is 22.9 Å². The van der Waals surface area contributed by atoms with Crippen molar-refractivity contribution in [1.29, 1.82) is 0 Å². The number of sulfonamides is 1. The van der Waals surface area contributed by atoms with Crippen molar-refractivity contribution in [2.75, 3.05) is 19.6 Å². The maximum absolute atomic E-state index is 12.9. The van der Waals surface area contributed by atoms with E-state index in [1.165, 1.54) is 24.3 Å². The molecule has 0 unspecified atom stereocenters. The molecule has 7 nitrogen and oxygen atoms in total. The zero-order valence-corrected chi connectivity index (χ0v) is 17.0. The Bertz CT molecular complexity index is 952. The average Bonchev–Trinajstić information content (AvgIpc) is 3.27. The highest BCUT2D eigenvalue weighted by molar-refractivity contribution is 7.89. The number of rotatable bonds is 7. The number of carbonyl (C=O) groups is 2. The number of nitrogens with one attached hydrogen (secondary N) is 1. The number of benzene rings is 2. The van der Waals surface area contributed by atoms with Crippen LogP contribution in [0.15, 0.2) is 59.5 Å². The molecule has 29 heavy (non-hydrogen) atoms. The summed E-state index contributed by atoms with van der Waals surface area (Å²) in [7, 11) is -3.61. The normalized spacial score (nSPS) is 15.1. The van der Waals surface area contributed by atoms with E-state index < -0.39 is 22.1 Å². The van der Waals surface area contributed by atoms with Gasteiger partial charge < -0.3 is 9.64 Å². The maximum atomic E-state index is 12.9. The average molecular weight is 416 g/mol. The number of carbonyl (C=O) groups excluding carboxylic acids is 2. The molecule has 1 atom stereocenters. The molecule has 1 amide bonds. The molecule has 1 saturated heterocycles. The number of ether oxygens (including phenoxy) is 1. The molecule has 3 rings (SSSR count). The van der Waals surface area contributed by atoms with E-state index in [1.54, 1.807) is 36.1 Å². The van der Waals surface area contributed by atoms with Crippen LogP contribution in [0.5, 0.6) is 0 Å². The minimum Gasteiger partial charge on any atom is -0.444 e. The summed E-state index contributed by atoms with van der Waals surface area (Å²) in [6.07, 6.45) is 0.832. The Morgan fingerprint density at radius 2 is 1.66 bits per heavy atom. The van der Waals surface area contributed by atoms with E-state index in [9.17, 15) is 18.0 Å². The quantitative estimate of drug-likeness (QED) is 0.700. The van der Waals surface area contributed by atoms with E-state index in [2.05, 4.69) is 4.72 Å². The zero-order chi connectivity index (χ0) is 20.9. The summed E-state index contributed by atoms with van der Waals surface area (Å²) < 4.78 is 32.0. The van der Waals surface area contributed by atoms with Gasteiger partial charge in [-0.05, 0) is 37.1 Å². The molecular weight excluding hydrogens is 392 g/mol. The monoisotopic (exact) mass is 416 g/mol. The van der Waals surface area contributed by atoms with E-state index in [4.69, 9.17) is 4.74 Å². The molecule has 1 heterocycles. The number of esters is 1. The predicted molar refractivity (Wildman–Crippen MR) is 108 cm³/mol. The van der Waals surface area contributed by atoms with Crippen molar-refractivity contribution in [2.45, 2.75) is 30.8 Å². The van der Waals surface area contributed by atoms with Crippen molar-refractivity contribution in [1.82, 2.24) is 9.62 Å². The zero-order valence-electron chi connectivity index (χ0n) is 16.2. The number of amides is 1. The third-order valence-electron chi connectivity index (χ3n) is 4.70. The Balaban J connectivity index is 1.80. The fourth-order valence-corrected chi connectivity index (χ4v) is 4.25. The topological polar surface area (TPSA) is 92.8 Å². The Kier molecular flexibility index (Phi) is 6.66. The molecule has 1 fully saturated rings. The van der Waals surface area contributed by atoms with Gasteiger partial charge in [-0.25, -0.2) is 17.9 Å². The van der Waals surface area contributed by atoms with Crippen molar-refractivity contribution in [3.63, 3.8) is 0 Å². The SMILES string of the molecule is CCNS(=O)(=O)c1ccc(C(=O)O[C@@H](C(=O)N2CCCC2)c2ccccc2)cc1. The number of hydrogen-bond acceptors (Lipinski definition) is 5. The first-order chi connectivity index (χ1) is 13.9. The summed E-state index contributed by atoms with van der Waals surface area (Å²) in [6, 6.07) is 14.3. The molecule has 0 radical (unpaired) electrons. The third-order valence-corrected chi connectivity index (χ3v) is 6.27. The molecule has 0 aliphatic carbocycles. The van der Waals surface area contributed by atoms with Gasteiger partial charge in [-0.1, -0.05) is 37.3 Å². The van der Waals surface area contributed by atoms with Crippen LogP contribution in [-0.2, 0) is 19.6 Å². The molecule has 0 bridgehead atoms. The lowest BCUT2D eigenvalue weighted by molar-refractivity contribution is -0.140. The highest BCUT2D eigenvalue weighted by atomic mass is 32.2. The summed E-state index contributed by atoms with van der Waals surface area (Å²) in [5.41, 5.74) is 0.777. The molecule has 1 aliphatic heterocycles. The molecular formula is C21H24N2O5S. The molecule has 0 aromatic heterocycles. The molecule has 1 N–H and O–H groups in total. The fourth-order valence-electron chi connectivity index (χ4n) is 3.21. The highest BCUT2D eigenvalue weighted by Crippen LogP contribution is 2.24. The van der Waals surface area contributed by atoms with Gasteiger partial charge in [-0.2, -0.15) is 0 Å². The standard InChI is InChI=1S/C21H24N2O5S/c1-2-22-29(26,27)18-12-10-17(11-13-18)21(25)28-19(16-8-4-3-5-9-16)20(24)23-14-6-7-15-23/h3-5,8-13,19,22H,2,6-7,14-15H2,1H3/t19-/m1/s1. The van der Waals surface area contributed by atoms with Crippen LogP contribution >= 0.6 is 0 Å². The second-order valence-electron chi connectivity index (χ2n) is 6.75. The first kappa shape index (κ1) is 21.0. The van der Waals surface area contributed by atoms with Crippen molar-refractivity contribution >= 4 is 21.9 Å². The summed E-state index contributed by atoms with van der Waals surface area (Å²) in [6.45, 7) is 3.25.